The van der Waals surface area contributed by atoms with Gasteiger partial charge in [0.2, 0.25) is 5.95 Å². The second-order valence-electron chi connectivity index (χ2n) is 7.71. The maximum atomic E-state index is 12.7. The Bertz CT molecular complexity index is 863. The van der Waals surface area contributed by atoms with Gasteiger partial charge in [-0.2, -0.15) is 0 Å². The summed E-state index contributed by atoms with van der Waals surface area (Å²) < 4.78 is 6.49. The van der Waals surface area contributed by atoms with Gasteiger partial charge in [0.05, 0.1) is 12.0 Å². The molecule has 4 rings (SSSR count). The van der Waals surface area contributed by atoms with Crippen molar-refractivity contribution < 1.29 is 9.53 Å². The van der Waals surface area contributed by atoms with Crippen molar-refractivity contribution in [3.63, 3.8) is 0 Å². The number of aryl methyl sites for hydroxylation is 3. The molecule has 2 aromatic rings. The number of benzene rings is 1. The van der Waals surface area contributed by atoms with Gasteiger partial charge in [-0.1, -0.05) is 6.07 Å². The average Bonchev–Trinajstić information content (AvgIpc) is 2.58. The van der Waals surface area contributed by atoms with Crippen molar-refractivity contribution in [2.24, 2.45) is 0 Å². The molecule has 1 spiro atoms. The molecular weight excluding hydrogens is 326 g/mol. The third-order valence-electron chi connectivity index (χ3n) is 5.71. The van der Waals surface area contributed by atoms with Crippen molar-refractivity contribution in [1.82, 2.24) is 9.97 Å². The van der Waals surface area contributed by atoms with Crippen LogP contribution in [0.5, 0.6) is 5.75 Å². The standard InChI is InChI=1S/C21H25N3O2/c1-13-5-6-17-18(25)12-21(26-19(17)16(13)4)7-9-24(10-8-21)20-22-14(2)11-15(3)23-20/h5-6,11H,7-10,12H2,1-4H3. The van der Waals surface area contributed by atoms with Gasteiger partial charge < -0.3 is 9.64 Å². The number of Topliss-reactive ketones (excluding diaryl/α,β-unsaturated/α-hetero) is 1. The van der Waals surface area contributed by atoms with Crippen molar-refractivity contribution in [3.05, 3.63) is 46.3 Å². The minimum absolute atomic E-state index is 0.199. The van der Waals surface area contributed by atoms with E-state index >= 15 is 0 Å². The van der Waals surface area contributed by atoms with Gasteiger partial charge >= 0.3 is 0 Å². The first-order valence-corrected chi connectivity index (χ1v) is 9.27. The molecule has 0 aliphatic carbocycles. The summed E-state index contributed by atoms with van der Waals surface area (Å²) in [5.74, 6) is 1.77. The second kappa shape index (κ2) is 6.08. The van der Waals surface area contributed by atoms with Crippen LogP contribution in [-0.4, -0.2) is 34.4 Å². The van der Waals surface area contributed by atoms with E-state index in [1.54, 1.807) is 0 Å². The van der Waals surface area contributed by atoms with Crippen LogP contribution in [0.2, 0.25) is 0 Å². The summed E-state index contributed by atoms with van der Waals surface area (Å²) in [5, 5.41) is 0. The third kappa shape index (κ3) is 2.85. The molecule has 136 valence electrons. The third-order valence-corrected chi connectivity index (χ3v) is 5.71. The molecule has 1 aromatic carbocycles. The Kier molecular flexibility index (Phi) is 3.98. The lowest BCUT2D eigenvalue weighted by Gasteiger charge is -2.44. The van der Waals surface area contributed by atoms with Crippen LogP contribution in [0, 0.1) is 27.7 Å². The predicted octanol–water partition coefficient (Wildman–Crippen LogP) is 3.71. The summed E-state index contributed by atoms with van der Waals surface area (Å²) in [6.07, 6.45) is 2.08. The van der Waals surface area contributed by atoms with Crippen LogP contribution >= 0.6 is 0 Å². The van der Waals surface area contributed by atoms with E-state index in [0.29, 0.717) is 6.42 Å². The topological polar surface area (TPSA) is 55.3 Å². The fraction of sp³-hybridized carbons (Fsp3) is 0.476. The second-order valence-corrected chi connectivity index (χ2v) is 7.71. The number of nitrogens with zero attached hydrogens (tertiary/aromatic N) is 3. The molecule has 5 heteroatoms. The molecule has 2 aliphatic rings. The van der Waals surface area contributed by atoms with Crippen LogP contribution in [0.3, 0.4) is 0 Å². The van der Waals surface area contributed by atoms with Gasteiger partial charge in [-0.3, -0.25) is 4.79 Å². The van der Waals surface area contributed by atoms with Crippen LogP contribution in [0.1, 0.15) is 52.1 Å². The van der Waals surface area contributed by atoms with Crippen LogP contribution < -0.4 is 9.64 Å². The number of ketones is 1. The van der Waals surface area contributed by atoms with Gasteiger partial charge in [0.25, 0.3) is 0 Å². The number of ether oxygens (including phenoxy) is 1. The lowest BCUT2D eigenvalue weighted by atomic mass is 9.81. The molecule has 1 fully saturated rings. The van der Waals surface area contributed by atoms with E-state index in [0.717, 1.165) is 65.7 Å². The Morgan fingerprint density at radius 2 is 1.69 bits per heavy atom. The molecule has 1 saturated heterocycles. The summed E-state index contributed by atoms with van der Waals surface area (Å²) in [5.41, 5.74) is 4.55. The first-order valence-electron chi connectivity index (χ1n) is 9.27. The summed E-state index contributed by atoms with van der Waals surface area (Å²) in [4.78, 5) is 24.1. The van der Waals surface area contributed by atoms with Gasteiger partial charge in [0.1, 0.15) is 11.4 Å². The number of rotatable bonds is 1. The Morgan fingerprint density at radius 1 is 1.04 bits per heavy atom. The Labute approximate surface area is 154 Å². The van der Waals surface area contributed by atoms with Crippen molar-refractivity contribution in [2.45, 2.75) is 52.6 Å². The number of carbonyl (C=O) groups is 1. The van der Waals surface area contributed by atoms with E-state index < -0.39 is 5.60 Å². The number of hydrogen-bond acceptors (Lipinski definition) is 5. The first kappa shape index (κ1) is 17.0. The van der Waals surface area contributed by atoms with Crippen LogP contribution in [0.4, 0.5) is 5.95 Å². The summed E-state index contributed by atoms with van der Waals surface area (Å²) in [7, 11) is 0. The molecule has 0 N–H and O–H groups in total. The Hall–Kier alpha value is -2.43. The summed E-state index contributed by atoms with van der Waals surface area (Å²) in [6.45, 7) is 9.69. The number of fused-ring (bicyclic) bond motifs is 1. The van der Waals surface area contributed by atoms with Crippen molar-refractivity contribution in [2.75, 3.05) is 18.0 Å². The highest BCUT2D eigenvalue weighted by molar-refractivity contribution is 6.01. The Balaban J connectivity index is 1.57. The molecular formula is C21H25N3O2. The van der Waals surface area contributed by atoms with Gasteiger partial charge in [-0.15, -0.1) is 0 Å². The van der Waals surface area contributed by atoms with E-state index in [4.69, 9.17) is 4.74 Å². The summed E-state index contributed by atoms with van der Waals surface area (Å²) in [6, 6.07) is 5.90. The van der Waals surface area contributed by atoms with Gasteiger partial charge in [0.15, 0.2) is 5.78 Å². The molecule has 0 radical (unpaired) electrons. The number of anilines is 1. The smallest absolute Gasteiger partial charge is 0.225 e. The summed E-state index contributed by atoms with van der Waals surface area (Å²) >= 11 is 0. The number of piperidine rings is 1. The number of aromatic nitrogens is 2. The van der Waals surface area contributed by atoms with Crippen molar-refractivity contribution in [1.29, 1.82) is 0 Å². The van der Waals surface area contributed by atoms with Crippen molar-refractivity contribution >= 4 is 11.7 Å². The Morgan fingerprint density at radius 3 is 2.35 bits per heavy atom. The lowest BCUT2D eigenvalue weighted by molar-refractivity contribution is 0.0224. The number of carbonyl (C=O) groups excluding carboxylic acids is 1. The van der Waals surface area contributed by atoms with Crippen LogP contribution in [0.15, 0.2) is 18.2 Å². The predicted molar refractivity (Wildman–Crippen MR) is 101 cm³/mol. The zero-order chi connectivity index (χ0) is 18.5. The molecule has 0 bridgehead atoms. The molecule has 0 atom stereocenters. The minimum atomic E-state index is -0.391. The molecule has 1 aromatic heterocycles. The number of hydrogen-bond donors (Lipinski definition) is 0. The molecule has 5 nitrogen and oxygen atoms in total. The first-order chi connectivity index (χ1) is 12.4. The molecule has 0 unspecified atom stereocenters. The van der Waals surface area contributed by atoms with E-state index in [1.807, 2.05) is 39.0 Å². The van der Waals surface area contributed by atoms with Gasteiger partial charge in [0, 0.05) is 37.3 Å². The highest BCUT2D eigenvalue weighted by atomic mass is 16.5. The fourth-order valence-electron chi connectivity index (χ4n) is 4.02. The minimum Gasteiger partial charge on any atom is -0.486 e. The van der Waals surface area contributed by atoms with Crippen molar-refractivity contribution in [3.8, 4) is 5.75 Å². The van der Waals surface area contributed by atoms with Crippen LogP contribution in [0.25, 0.3) is 0 Å². The zero-order valence-electron chi connectivity index (χ0n) is 15.9. The van der Waals surface area contributed by atoms with E-state index in [2.05, 4.69) is 21.8 Å². The quantitative estimate of drug-likeness (QED) is 0.784. The molecule has 0 saturated carbocycles. The maximum absolute atomic E-state index is 12.7. The average molecular weight is 351 g/mol. The monoisotopic (exact) mass is 351 g/mol. The highest BCUT2D eigenvalue weighted by Gasteiger charge is 2.43. The van der Waals surface area contributed by atoms with Gasteiger partial charge in [-0.05, 0) is 51.0 Å². The largest absolute Gasteiger partial charge is 0.486 e. The maximum Gasteiger partial charge on any atom is 0.225 e. The van der Waals surface area contributed by atoms with E-state index in [9.17, 15) is 4.79 Å². The zero-order valence-corrected chi connectivity index (χ0v) is 15.9. The SMILES string of the molecule is Cc1cc(C)nc(N2CCC3(CC2)CC(=O)c2ccc(C)c(C)c2O3)n1. The molecule has 3 heterocycles. The molecule has 2 aliphatic heterocycles. The lowest BCUT2D eigenvalue weighted by Crippen LogP contribution is -2.51. The van der Waals surface area contributed by atoms with E-state index in [1.165, 1.54) is 0 Å². The normalized spacial score (nSPS) is 18.6. The van der Waals surface area contributed by atoms with Crippen LogP contribution in [-0.2, 0) is 0 Å². The molecule has 0 amide bonds. The molecule has 26 heavy (non-hydrogen) atoms. The highest BCUT2D eigenvalue weighted by Crippen LogP contribution is 2.42. The van der Waals surface area contributed by atoms with Gasteiger partial charge in [-0.25, -0.2) is 9.97 Å². The fourth-order valence-corrected chi connectivity index (χ4v) is 4.02. The van der Waals surface area contributed by atoms with E-state index in [-0.39, 0.29) is 5.78 Å².